The molecule has 4 rings (SSSR count). The molecule has 0 unspecified atom stereocenters. The normalized spacial score (nSPS) is 29.3. The summed E-state index contributed by atoms with van der Waals surface area (Å²) in [4.78, 5) is 27.9. The van der Waals surface area contributed by atoms with Crippen molar-refractivity contribution in [1.82, 2.24) is 15.5 Å². The molecule has 27 heavy (non-hydrogen) atoms. The summed E-state index contributed by atoms with van der Waals surface area (Å²) in [5, 5.41) is 6.68. The van der Waals surface area contributed by atoms with Crippen molar-refractivity contribution in [3.63, 3.8) is 0 Å². The summed E-state index contributed by atoms with van der Waals surface area (Å²) in [7, 11) is 0. The van der Waals surface area contributed by atoms with Gasteiger partial charge in [-0.3, -0.25) is 9.59 Å². The van der Waals surface area contributed by atoms with Gasteiger partial charge in [0.2, 0.25) is 11.8 Å². The number of benzene rings is 1. The van der Waals surface area contributed by atoms with Crippen molar-refractivity contribution in [1.29, 1.82) is 0 Å². The fraction of sp³-hybridized carbons (Fsp3) is 0.636. The van der Waals surface area contributed by atoms with Gasteiger partial charge in [-0.1, -0.05) is 37.1 Å². The number of fused-ring (bicyclic) bond motifs is 2. The predicted molar refractivity (Wildman–Crippen MR) is 105 cm³/mol. The van der Waals surface area contributed by atoms with Crippen LogP contribution in [0, 0.1) is 11.8 Å². The molecule has 3 atom stereocenters. The van der Waals surface area contributed by atoms with E-state index in [0.717, 1.165) is 45.3 Å². The van der Waals surface area contributed by atoms with Gasteiger partial charge in [0.15, 0.2) is 0 Å². The Hall–Kier alpha value is -1.88. The first-order valence-corrected chi connectivity index (χ1v) is 10.6. The van der Waals surface area contributed by atoms with Gasteiger partial charge in [0.25, 0.3) is 0 Å². The highest BCUT2D eigenvalue weighted by atomic mass is 16.2. The maximum absolute atomic E-state index is 13.2. The molecule has 1 saturated heterocycles. The van der Waals surface area contributed by atoms with Crippen LogP contribution in [-0.2, 0) is 22.6 Å². The van der Waals surface area contributed by atoms with Gasteiger partial charge < -0.3 is 15.5 Å². The average Bonchev–Trinajstić information content (AvgIpc) is 3.11. The highest BCUT2D eigenvalue weighted by molar-refractivity contribution is 5.84. The monoisotopic (exact) mass is 369 g/mol. The van der Waals surface area contributed by atoms with Gasteiger partial charge in [-0.25, -0.2) is 0 Å². The van der Waals surface area contributed by atoms with Crippen LogP contribution < -0.4 is 10.6 Å². The van der Waals surface area contributed by atoms with E-state index < -0.39 is 0 Å². The summed E-state index contributed by atoms with van der Waals surface area (Å²) in [6.07, 6.45) is 6.98. The second-order valence-electron chi connectivity index (χ2n) is 8.32. The Morgan fingerprint density at radius 1 is 1.00 bits per heavy atom. The lowest BCUT2D eigenvalue weighted by Crippen LogP contribution is -2.41. The van der Waals surface area contributed by atoms with Crippen molar-refractivity contribution in [3.05, 3.63) is 35.4 Å². The number of nitrogens with zero attached hydrogens (tertiary/aromatic N) is 1. The van der Waals surface area contributed by atoms with Crippen molar-refractivity contribution in [2.24, 2.45) is 11.8 Å². The first-order chi connectivity index (χ1) is 13.2. The first kappa shape index (κ1) is 18.5. The molecule has 2 aliphatic heterocycles. The van der Waals surface area contributed by atoms with Crippen LogP contribution in [0.2, 0.25) is 0 Å². The zero-order valence-corrected chi connectivity index (χ0v) is 16.1. The van der Waals surface area contributed by atoms with Gasteiger partial charge in [-0.15, -0.1) is 0 Å². The number of hydrogen-bond donors (Lipinski definition) is 2. The summed E-state index contributed by atoms with van der Waals surface area (Å²) >= 11 is 0. The number of rotatable bonds is 1. The van der Waals surface area contributed by atoms with E-state index in [2.05, 4.69) is 28.8 Å². The second kappa shape index (κ2) is 8.42. The summed E-state index contributed by atoms with van der Waals surface area (Å²) in [6.45, 7) is 3.22. The van der Waals surface area contributed by atoms with Crippen LogP contribution in [0.5, 0.6) is 0 Å². The van der Waals surface area contributed by atoms with E-state index in [0.29, 0.717) is 13.0 Å². The molecule has 2 N–H and O–H groups in total. The van der Waals surface area contributed by atoms with Gasteiger partial charge in [0.05, 0.1) is 5.92 Å². The van der Waals surface area contributed by atoms with Crippen LogP contribution in [0.3, 0.4) is 0 Å². The van der Waals surface area contributed by atoms with E-state index in [-0.39, 0.29) is 29.7 Å². The second-order valence-corrected chi connectivity index (χ2v) is 8.32. The largest absolute Gasteiger partial charge is 0.356 e. The van der Waals surface area contributed by atoms with Gasteiger partial charge in [0.1, 0.15) is 0 Å². The predicted octanol–water partition coefficient (Wildman–Crippen LogP) is 2.25. The zero-order chi connectivity index (χ0) is 18.6. The van der Waals surface area contributed by atoms with Gasteiger partial charge >= 0.3 is 0 Å². The van der Waals surface area contributed by atoms with Crippen LogP contribution in [-0.4, -0.2) is 42.4 Å². The Kier molecular flexibility index (Phi) is 5.77. The molecule has 5 nitrogen and oxygen atoms in total. The SMILES string of the molecule is O=C1NCCCCCCN[C@H]2C[C@H](C(=O)N3CCc4ccccc4C3)C[C@@H]12. The third-order valence-electron chi connectivity index (χ3n) is 6.50. The minimum atomic E-state index is -0.0749. The Balaban J connectivity index is 1.42. The van der Waals surface area contributed by atoms with Gasteiger partial charge in [0, 0.05) is 31.6 Å². The van der Waals surface area contributed by atoms with E-state index in [1.54, 1.807) is 0 Å². The minimum absolute atomic E-state index is 0.0357. The van der Waals surface area contributed by atoms with Crippen molar-refractivity contribution < 1.29 is 9.59 Å². The fourth-order valence-electron chi connectivity index (χ4n) is 4.93. The molecular formula is C22H31N3O2. The minimum Gasteiger partial charge on any atom is -0.356 e. The summed E-state index contributed by atoms with van der Waals surface area (Å²) in [5.41, 5.74) is 2.63. The molecule has 2 heterocycles. The first-order valence-electron chi connectivity index (χ1n) is 10.6. The number of carbonyl (C=O) groups is 2. The smallest absolute Gasteiger partial charge is 0.226 e. The molecule has 0 bridgehead atoms. The Bertz CT molecular complexity index is 690. The maximum atomic E-state index is 13.2. The lowest BCUT2D eigenvalue weighted by Gasteiger charge is -2.31. The summed E-state index contributed by atoms with van der Waals surface area (Å²) < 4.78 is 0. The molecule has 1 saturated carbocycles. The van der Waals surface area contributed by atoms with Crippen LogP contribution in [0.4, 0.5) is 0 Å². The lowest BCUT2D eigenvalue weighted by molar-refractivity contribution is -0.136. The standard InChI is InChI=1S/C22H31N3O2/c26-21-19-13-18(14-20(19)23-10-5-1-2-6-11-24-21)22(27)25-12-9-16-7-3-4-8-17(16)15-25/h3-4,7-8,18-20,23H,1-2,5-6,9-15H2,(H,24,26)/t18-,19-,20+/m1/s1. The molecule has 5 heteroatoms. The van der Waals surface area contributed by atoms with Gasteiger partial charge in [-0.05, 0) is 49.8 Å². The van der Waals surface area contributed by atoms with Crippen molar-refractivity contribution in [2.75, 3.05) is 19.6 Å². The van der Waals surface area contributed by atoms with Crippen molar-refractivity contribution >= 4 is 11.8 Å². The number of hydrogen-bond acceptors (Lipinski definition) is 3. The van der Waals surface area contributed by atoms with E-state index >= 15 is 0 Å². The molecule has 3 aliphatic rings. The molecule has 2 amide bonds. The van der Waals surface area contributed by atoms with E-state index in [1.165, 1.54) is 24.0 Å². The van der Waals surface area contributed by atoms with Crippen molar-refractivity contribution in [2.45, 2.75) is 57.5 Å². The van der Waals surface area contributed by atoms with Crippen LogP contribution in [0.25, 0.3) is 0 Å². The van der Waals surface area contributed by atoms with Crippen molar-refractivity contribution in [3.8, 4) is 0 Å². The van der Waals surface area contributed by atoms with E-state index in [9.17, 15) is 9.59 Å². The number of nitrogens with one attached hydrogen (secondary N) is 2. The molecule has 1 aromatic carbocycles. The average molecular weight is 370 g/mol. The van der Waals surface area contributed by atoms with Crippen LogP contribution in [0.15, 0.2) is 24.3 Å². The Morgan fingerprint density at radius 3 is 2.63 bits per heavy atom. The quantitative estimate of drug-likeness (QED) is 0.798. The zero-order valence-electron chi connectivity index (χ0n) is 16.1. The highest BCUT2D eigenvalue weighted by Gasteiger charge is 2.42. The van der Waals surface area contributed by atoms with E-state index in [4.69, 9.17) is 0 Å². The lowest BCUT2D eigenvalue weighted by atomic mass is 9.97. The number of amides is 2. The topological polar surface area (TPSA) is 61.4 Å². The molecular weight excluding hydrogens is 338 g/mol. The third-order valence-corrected chi connectivity index (χ3v) is 6.50. The summed E-state index contributed by atoms with van der Waals surface area (Å²) in [5.74, 6) is 0.257. The van der Waals surface area contributed by atoms with Crippen LogP contribution >= 0.6 is 0 Å². The molecule has 0 spiro atoms. The summed E-state index contributed by atoms with van der Waals surface area (Å²) in [6, 6.07) is 8.54. The third kappa shape index (κ3) is 4.18. The molecule has 1 aliphatic carbocycles. The van der Waals surface area contributed by atoms with Crippen LogP contribution in [0.1, 0.15) is 49.7 Å². The Labute approximate surface area is 161 Å². The molecule has 146 valence electrons. The number of carbonyl (C=O) groups excluding carboxylic acids is 2. The molecule has 2 fully saturated rings. The fourth-order valence-corrected chi connectivity index (χ4v) is 4.93. The molecule has 1 aromatic rings. The molecule has 0 radical (unpaired) electrons. The maximum Gasteiger partial charge on any atom is 0.226 e. The molecule has 0 aromatic heterocycles. The highest BCUT2D eigenvalue weighted by Crippen LogP contribution is 2.34. The Morgan fingerprint density at radius 2 is 1.78 bits per heavy atom. The van der Waals surface area contributed by atoms with E-state index in [1.807, 2.05) is 11.0 Å². The van der Waals surface area contributed by atoms with Gasteiger partial charge in [-0.2, -0.15) is 0 Å².